The monoisotopic (exact) mass is 859 g/mol. The second-order valence-corrected chi connectivity index (χ2v) is 16.0. The Kier molecular flexibility index (Phi) is 13.2. The first-order valence-electron chi connectivity index (χ1n) is 18.2. The molecule has 0 bridgehead atoms. The summed E-state index contributed by atoms with van der Waals surface area (Å²) < 4.78 is 99.2. The van der Waals surface area contributed by atoms with Crippen molar-refractivity contribution in [2.75, 3.05) is 52.5 Å². The Morgan fingerprint density at radius 3 is 2.47 bits per heavy atom. The number of H-pyrrole nitrogens is 1. The van der Waals surface area contributed by atoms with Gasteiger partial charge in [0.1, 0.15) is 29.7 Å². The number of rotatable bonds is 13. The van der Waals surface area contributed by atoms with Crippen LogP contribution >= 0.6 is 22.7 Å². The predicted octanol–water partition coefficient (Wildman–Crippen LogP) is 5.96. The van der Waals surface area contributed by atoms with Crippen LogP contribution in [0.4, 0.5) is 26.3 Å². The number of nitrogens with one attached hydrogen (secondary N) is 2. The molecule has 0 radical (unpaired) electrons. The van der Waals surface area contributed by atoms with Crippen molar-refractivity contribution in [3.63, 3.8) is 0 Å². The Labute approximate surface area is 335 Å². The van der Waals surface area contributed by atoms with Crippen LogP contribution in [0.5, 0.6) is 11.5 Å². The molecule has 13 nitrogen and oxygen atoms in total. The van der Waals surface area contributed by atoms with E-state index in [1.807, 2.05) is 42.3 Å². The maximum absolute atomic E-state index is 13.3. The van der Waals surface area contributed by atoms with Gasteiger partial charge in [0.2, 0.25) is 0 Å². The number of halogens is 6. The molecule has 2 N–H and O–H groups in total. The number of ether oxygens (including phenoxy) is 4. The number of piperidine rings is 1. The smallest absolute Gasteiger partial charge is 0.491 e. The molecule has 1 spiro atoms. The minimum absolute atomic E-state index is 0.0428. The number of nitrogens with zero attached hydrogens (tertiary/aromatic N) is 3. The molecule has 2 aliphatic rings. The molecule has 2 aromatic heterocycles. The van der Waals surface area contributed by atoms with Gasteiger partial charge in [0.15, 0.2) is 5.75 Å². The number of carbonyl (C=O) groups excluding carboxylic acids is 3. The summed E-state index contributed by atoms with van der Waals surface area (Å²) in [6.07, 6.45) is -10.9. The number of thiazole rings is 2. The van der Waals surface area contributed by atoms with Crippen LogP contribution in [0, 0.1) is 0 Å². The van der Waals surface area contributed by atoms with Crippen LogP contribution in [0.2, 0.25) is 0 Å². The minimum atomic E-state index is -5.38. The number of likely N-dealkylation sites (tertiary alicyclic amines) is 1. The molecule has 6 rings (SSSR count). The van der Waals surface area contributed by atoms with Gasteiger partial charge >= 0.3 is 29.2 Å². The molecule has 1 atom stereocenters. The topological polar surface area (TPSA) is 152 Å². The number of alkyl halides is 6. The SMILES string of the molecule is CC(C)c1nc(C(=O)N2CCOC3(CCN(Cc4cccc(OCCNC[C@H](OC(=O)C(F)(F)F)c5ccc(OC(=O)C(F)(F)F)c6[nH]c(=O)sc56)c4)CC3)C2)cs1. The molecule has 0 saturated carbocycles. The van der Waals surface area contributed by atoms with Crippen molar-refractivity contribution in [3.8, 4) is 11.5 Å². The molecular weight excluding hydrogens is 821 g/mol. The lowest BCUT2D eigenvalue weighted by molar-refractivity contribution is -0.205. The first-order valence-corrected chi connectivity index (χ1v) is 19.9. The van der Waals surface area contributed by atoms with Crippen LogP contribution in [0.3, 0.4) is 0 Å². The Morgan fingerprint density at radius 2 is 1.78 bits per heavy atom. The molecule has 21 heteroatoms. The van der Waals surface area contributed by atoms with Crippen molar-refractivity contribution in [2.24, 2.45) is 0 Å². The summed E-state index contributed by atoms with van der Waals surface area (Å²) in [6.45, 7) is 7.38. The number of aromatic amines is 1. The number of morpholine rings is 1. The number of benzene rings is 2. The summed E-state index contributed by atoms with van der Waals surface area (Å²) in [5, 5.41) is 5.60. The van der Waals surface area contributed by atoms with E-state index >= 15 is 0 Å². The number of fused-ring (bicyclic) bond motifs is 1. The van der Waals surface area contributed by atoms with E-state index < -0.39 is 58.7 Å². The zero-order valence-electron chi connectivity index (χ0n) is 31.2. The summed E-state index contributed by atoms with van der Waals surface area (Å²) >= 11 is 1.91. The number of aromatic nitrogens is 2. The molecule has 2 aromatic carbocycles. The lowest BCUT2D eigenvalue weighted by atomic mass is 9.89. The van der Waals surface area contributed by atoms with Crippen molar-refractivity contribution in [2.45, 2.75) is 63.2 Å². The number of hydrogen-bond acceptors (Lipinski definition) is 13. The minimum Gasteiger partial charge on any atom is -0.492 e. The summed E-state index contributed by atoms with van der Waals surface area (Å²) in [4.78, 5) is 58.8. The summed E-state index contributed by atoms with van der Waals surface area (Å²) in [7, 11) is 0. The third-order valence-electron chi connectivity index (χ3n) is 9.55. The summed E-state index contributed by atoms with van der Waals surface area (Å²) in [5.74, 6) is -5.10. The lowest BCUT2D eigenvalue weighted by Gasteiger charge is -2.47. The Balaban J connectivity index is 1.01. The van der Waals surface area contributed by atoms with Crippen molar-refractivity contribution in [1.82, 2.24) is 25.1 Å². The van der Waals surface area contributed by atoms with E-state index in [-0.39, 0.29) is 35.2 Å². The van der Waals surface area contributed by atoms with Gasteiger partial charge in [-0.1, -0.05) is 37.3 Å². The Hall–Kier alpha value is -4.57. The first-order chi connectivity index (χ1) is 27.4. The molecule has 2 saturated heterocycles. The molecule has 0 unspecified atom stereocenters. The highest BCUT2D eigenvalue weighted by Gasteiger charge is 2.44. The van der Waals surface area contributed by atoms with Crippen LogP contribution in [-0.2, 0) is 25.6 Å². The first kappa shape index (κ1) is 43.0. The van der Waals surface area contributed by atoms with Crippen LogP contribution < -0.4 is 19.7 Å². The van der Waals surface area contributed by atoms with E-state index in [4.69, 9.17) is 14.2 Å². The highest BCUT2D eigenvalue weighted by molar-refractivity contribution is 7.16. The Bertz CT molecular complexity index is 2160. The maximum atomic E-state index is 13.3. The van der Waals surface area contributed by atoms with Crippen molar-refractivity contribution >= 4 is 50.7 Å². The van der Waals surface area contributed by atoms with Gasteiger partial charge < -0.3 is 34.1 Å². The maximum Gasteiger partial charge on any atom is 0.491 e. The van der Waals surface area contributed by atoms with Crippen LogP contribution in [0.25, 0.3) is 10.2 Å². The second-order valence-electron chi connectivity index (χ2n) is 14.1. The summed E-state index contributed by atoms with van der Waals surface area (Å²) in [5.41, 5.74) is 0.486. The van der Waals surface area contributed by atoms with Crippen molar-refractivity contribution in [3.05, 3.63) is 73.3 Å². The number of amides is 1. The summed E-state index contributed by atoms with van der Waals surface area (Å²) in [6, 6.07) is 9.26. The van der Waals surface area contributed by atoms with Crippen molar-refractivity contribution < 1.29 is 59.7 Å². The fourth-order valence-corrected chi connectivity index (χ4v) is 8.37. The van der Waals surface area contributed by atoms with Crippen LogP contribution in [0.15, 0.2) is 46.6 Å². The van der Waals surface area contributed by atoms with Gasteiger partial charge in [-0.25, -0.2) is 14.6 Å². The van der Waals surface area contributed by atoms with Crippen LogP contribution in [0.1, 0.15) is 65.3 Å². The van der Waals surface area contributed by atoms with Crippen molar-refractivity contribution in [1.29, 1.82) is 0 Å². The molecule has 0 aliphatic carbocycles. The van der Waals surface area contributed by atoms with E-state index in [1.165, 1.54) is 11.3 Å². The largest absolute Gasteiger partial charge is 0.492 e. The zero-order chi connectivity index (χ0) is 41.8. The normalized spacial score (nSPS) is 16.8. The highest BCUT2D eigenvalue weighted by atomic mass is 32.1. The van der Waals surface area contributed by atoms with E-state index in [2.05, 4.69) is 24.9 Å². The third-order valence-corrected chi connectivity index (χ3v) is 11.6. The molecule has 314 valence electrons. The predicted molar refractivity (Wildman–Crippen MR) is 199 cm³/mol. The second kappa shape index (κ2) is 17.7. The lowest BCUT2D eigenvalue weighted by Crippen LogP contribution is -2.58. The van der Waals surface area contributed by atoms with E-state index in [1.54, 1.807) is 6.07 Å². The molecular formula is C37H39F6N5O8S2. The molecule has 4 aromatic rings. The average molecular weight is 860 g/mol. The van der Waals surface area contributed by atoms with Gasteiger partial charge in [-0.2, -0.15) is 26.3 Å². The van der Waals surface area contributed by atoms with Gasteiger partial charge in [-0.15, -0.1) is 11.3 Å². The van der Waals surface area contributed by atoms with Gasteiger partial charge in [0, 0.05) is 56.1 Å². The molecule has 58 heavy (non-hydrogen) atoms. The number of carbonyl (C=O) groups is 3. The Morgan fingerprint density at radius 1 is 1.03 bits per heavy atom. The highest BCUT2D eigenvalue weighted by Crippen LogP contribution is 2.36. The number of hydrogen-bond donors (Lipinski definition) is 2. The van der Waals surface area contributed by atoms with Crippen LogP contribution in [-0.4, -0.2) is 108 Å². The molecule has 1 amide bonds. The zero-order valence-corrected chi connectivity index (χ0v) is 32.8. The molecule has 4 heterocycles. The van der Waals surface area contributed by atoms with Gasteiger partial charge in [-0.05, 0) is 42.7 Å². The quantitative estimate of drug-likeness (QED) is 0.0710. The molecule has 2 aliphatic heterocycles. The van der Waals surface area contributed by atoms with E-state index in [0.717, 1.165) is 48.6 Å². The average Bonchev–Trinajstić information content (AvgIpc) is 3.82. The fraction of sp³-hybridized carbons (Fsp3) is 0.486. The number of esters is 2. The van der Waals surface area contributed by atoms with Gasteiger partial charge in [0.25, 0.3) is 5.91 Å². The van der Waals surface area contributed by atoms with Gasteiger partial charge in [0.05, 0.1) is 28.5 Å². The van der Waals surface area contributed by atoms with Gasteiger partial charge in [-0.3, -0.25) is 14.5 Å². The third kappa shape index (κ3) is 10.5. The van der Waals surface area contributed by atoms with E-state index in [9.17, 15) is 45.5 Å². The fourth-order valence-electron chi connectivity index (χ4n) is 6.66. The standard InChI is InChI=1S/C37H39F6N5O8S2/c1-21(2)30-45-25(19-57-30)31(49)48-13-15-54-35(20-48)8-11-47(12-9-35)18-22-4-3-5-23(16-22)53-14-10-44-17-27(56-33(51)37(41,42)43)24-6-7-26(55-32(50)36(38,39)40)28-29(24)58-34(52)46-28/h3-7,16,19,21,27,44H,8-15,17-18,20H2,1-2H3,(H,46,52)/t27-/m0/s1. The van der Waals surface area contributed by atoms with E-state index in [0.29, 0.717) is 49.0 Å². The molecule has 2 fully saturated rings.